The summed E-state index contributed by atoms with van der Waals surface area (Å²) in [7, 11) is 0. The highest BCUT2D eigenvalue weighted by Gasteiger charge is 2.24. The van der Waals surface area contributed by atoms with E-state index in [1.54, 1.807) is 6.07 Å². The number of nitrogens with zero attached hydrogens (tertiary/aromatic N) is 1. The molecule has 4 heteroatoms. The third-order valence-corrected chi connectivity index (χ3v) is 4.07. The van der Waals surface area contributed by atoms with Crippen molar-refractivity contribution in [3.63, 3.8) is 0 Å². The lowest BCUT2D eigenvalue weighted by Crippen LogP contribution is -2.31. The molecule has 1 saturated heterocycles. The lowest BCUT2D eigenvalue weighted by atomic mass is 10.1. The van der Waals surface area contributed by atoms with Gasteiger partial charge in [0.15, 0.2) is 0 Å². The van der Waals surface area contributed by atoms with E-state index in [9.17, 15) is 9.90 Å². The summed E-state index contributed by atoms with van der Waals surface area (Å²) in [5, 5.41) is 10.4. The van der Waals surface area contributed by atoms with Crippen molar-refractivity contribution in [1.29, 1.82) is 0 Å². The minimum absolute atomic E-state index is 0.179. The van der Waals surface area contributed by atoms with Crippen molar-refractivity contribution in [3.05, 3.63) is 45.8 Å². The Balaban J connectivity index is 2.00. The molecule has 0 bridgehead atoms. The molecule has 4 nitrogen and oxygen atoms in total. The summed E-state index contributed by atoms with van der Waals surface area (Å²) < 4.78 is 5.28. The molecule has 0 aliphatic carbocycles. The Bertz CT molecular complexity index is 677. The zero-order chi connectivity index (χ0) is 14.1. The summed E-state index contributed by atoms with van der Waals surface area (Å²) in [6.07, 6.45) is 2.12. The fraction of sp³-hybridized carbons (Fsp3) is 0.438. The van der Waals surface area contributed by atoms with E-state index in [-0.39, 0.29) is 18.3 Å². The van der Waals surface area contributed by atoms with Gasteiger partial charge in [-0.05, 0) is 43.5 Å². The first-order valence-electron chi connectivity index (χ1n) is 7.05. The topological polar surface area (TPSA) is 53.7 Å². The van der Waals surface area contributed by atoms with Crippen molar-refractivity contribution < 1.29 is 9.52 Å². The monoisotopic (exact) mass is 273 g/mol. The minimum Gasteiger partial charge on any atom is -0.423 e. The average Bonchev–Trinajstić information content (AvgIpc) is 2.85. The summed E-state index contributed by atoms with van der Waals surface area (Å²) >= 11 is 0. The van der Waals surface area contributed by atoms with Gasteiger partial charge in [-0.15, -0.1) is 0 Å². The van der Waals surface area contributed by atoms with Crippen molar-refractivity contribution in [2.24, 2.45) is 0 Å². The predicted octanol–water partition coefficient (Wildman–Crippen LogP) is 2.06. The summed E-state index contributed by atoms with van der Waals surface area (Å²) in [5.74, 6) is 0. The highest BCUT2D eigenvalue weighted by atomic mass is 16.4. The number of rotatable bonds is 3. The molecule has 0 spiro atoms. The van der Waals surface area contributed by atoms with Crippen LogP contribution in [-0.4, -0.2) is 29.2 Å². The molecule has 106 valence electrons. The van der Waals surface area contributed by atoms with Crippen LogP contribution in [0.4, 0.5) is 0 Å². The largest absolute Gasteiger partial charge is 0.423 e. The van der Waals surface area contributed by atoms with Gasteiger partial charge in [0.25, 0.3) is 0 Å². The second-order valence-corrected chi connectivity index (χ2v) is 5.54. The second kappa shape index (κ2) is 5.38. The molecule has 2 aromatic rings. The molecule has 1 fully saturated rings. The third kappa shape index (κ3) is 2.49. The van der Waals surface area contributed by atoms with Crippen LogP contribution in [0.5, 0.6) is 0 Å². The normalized spacial score (nSPS) is 19.8. The molecule has 0 radical (unpaired) electrons. The molecule has 1 aromatic carbocycles. The van der Waals surface area contributed by atoms with Crippen molar-refractivity contribution in [3.8, 4) is 0 Å². The van der Waals surface area contributed by atoms with Gasteiger partial charge in [-0.3, -0.25) is 4.90 Å². The summed E-state index contributed by atoms with van der Waals surface area (Å²) in [4.78, 5) is 13.9. The Morgan fingerprint density at radius 1 is 1.40 bits per heavy atom. The lowest BCUT2D eigenvalue weighted by Gasteiger charge is -2.23. The Hall–Kier alpha value is -1.65. The van der Waals surface area contributed by atoms with Gasteiger partial charge in [0.1, 0.15) is 5.58 Å². The number of hydrogen-bond acceptors (Lipinski definition) is 4. The molecule has 1 atom stereocenters. The van der Waals surface area contributed by atoms with E-state index in [2.05, 4.69) is 4.90 Å². The van der Waals surface area contributed by atoms with E-state index in [0.717, 1.165) is 35.9 Å². The smallest absolute Gasteiger partial charge is 0.336 e. The number of likely N-dealkylation sites (tertiary alicyclic amines) is 1. The van der Waals surface area contributed by atoms with E-state index < -0.39 is 0 Å². The summed E-state index contributed by atoms with van der Waals surface area (Å²) in [6, 6.07) is 7.72. The van der Waals surface area contributed by atoms with Crippen molar-refractivity contribution >= 4 is 11.0 Å². The van der Waals surface area contributed by atoms with Gasteiger partial charge in [0, 0.05) is 24.0 Å². The van der Waals surface area contributed by atoms with Crippen molar-refractivity contribution in [2.75, 3.05) is 13.2 Å². The molecule has 20 heavy (non-hydrogen) atoms. The van der Waals surface area contributed by atoms with Gasteiger partial charge in [-0.2, -0.15) is 0 Å². The Morgan fingerprint density at radius 2 is 2.25 bits per heavy atom. The molecule has 1 aliphatic heterocycles. The van der Waals surface area contributed by atoms with E-state index in [4.69, 9.17) is 4.42 Å². The van der Waals surface area contributed by atoms with Crippen molar-refractivity contribution in [2.45, 2.75) is 32.4 Å². The number of hydrogen-bond donors (Lipinski definition) is 1. The zero-order valence-electron chi connectivity index (χ0n) is 11.6. The van der Waals surface area contributed by atoms with Crippen LogP contribution in [0.25, 0.3) is 11.0 Å². The van der Waals surface area contributed by atoms with E-state index in [0.29, 0.717) is 12.1 Å². The standard InChI is InChI=1S/C16H19NO3/c1-11-4-5-14-12(8-16(19)20-15(14)7-11)9-17-6-2-3-13(17)10-18/h4-5,7-8,13,18H,2-3,6,9-10H2,1H3. The number of aliphatic hydroxyl groups is 1. The van der Waals surface area contributed by atoms with Gasteiger partial charge in [-0.1, -0.05) is 12.1 Å². The maximum atomic E-state index is 11.7. The summed E-state index contributed by atoms with van der Waals surface area (Å²) in [5.41, 5.74) is 2.40. The van der Waals surface area contributed by atoms with Gasteiger partial charge in [0.2, 0.25) is 0 Å². The van der Waals surface area contributed by atoms with Crippen molar-refractivity contribution in [1.82, 2.24) is 4.90 Å². The molecule has 0 amide bonds. The average molecular weight is 273 g/mol. The van der Waals surface area contributed by atoms with Gasteiger partial charge in [-0.25, -0.2) is 4.79 Å². The Kier molecular flexibility index (Phi) is 3.59. The van der Waals surface area contributed by atoms with Crippen LogP contribution in [0.15, 0.2) is 33.5 Å². The van der Waals surface area contributed by atoms with Crippen LogP contribution in [-0.2, 0) is 6.54 Å². The van der Waals surface area contributed by atoms with E-state index in [1.165, 1.54) is 0 Å². The predicted molar refractivity (Wildman–Crippen MR) is 77.7 cm³/mol. The molecular formula is C16H19NO3. The maximum absolute atomic E-state index is 11.7. The molecule has 1 N–H and O–H groups in total. The molecule has 1 aromatic heterocycles. The van der Waals surface area contributed by atoms with Gasteiger partial charge in [0.05, 0.1) is 6.61 Å². The highest BCUT2D eigenvalue weighted by molar-refractivity contribution is 5.80. The Labute approximate surface area is 117 Å². The Morgan fingerprint density at radius 3 is 3.05 bits per heavy atom. The first kappa shape index (κ1) is 13.3. The third-order valence-electron chi connectivity index (χ3n) is 4.07. The van der Waals surface area contributed by atoms with E-state index in [1.807, 2.05) is 25.1 Å². The fourth-order valence-corrected chi connectivity index (χ4v) is 3.00. The summed E-state index contributed by atoms with van der Waals surface area (Å²) in [6.45, 7) is 3.82. The number of aryl methyl sites for hydroxylation is 1. The quantitative estimate of drug-likeness (QED) is 0.870. The van der Waals surface area contributed by atoms with Crippen LogP contribution < -0.4 is 5.63 Å². The SMILES string of the molecule is Cc1ccc2c(CN3CCCC3CO)cc(=O)oc2c1. The first-order chi connectivity index (χ1) is 9.67. The van der Waals surface area contributed by atoms with Gasteiger partial charge < -0.3 is 9.52 Å². The molecular weight excluding hydrogens is 254 g/mol. The molecule has 1 aliphatic rings. The molecule has 0 saturated carbocycles. The molecule has 3 rings (SSSR count). The second-order valence-electron chi connectivity index (χ2n) is 5.54. The number of benzene rings is 1. The lowest BCUT2D eigenvalue weighted by molar-refractivity contribution is 0.154. The molecule has 1 unspecified atom stereocenters. The van der Waals surface area contributed by atoms with Crippen LogP contribution in [0.2, 0.25) is 0 Å². The fourth-order valence-electron chi connectivity index (χ4n) is 3.00. The number of fused-ring (bicyclic) bond motifs is 1. The van der Waals surface area contributed by atoms with Gasteiger partial charge >= 0.3 is 5.63 Å². The molecule has 2 heterocycles. The maximum Gasteiger partial charge on any atom is 0.336 e. The van der Waals surface area contributed by atoms with E-state index >= 15 is 0 Å². The van der Waals surface area contributed by atoms with Crippen LogP contribution >= 0.6 is 0 Å². The van der Waals surface area contributed by atoms with Crippen LogP contribution in [0.1, 0.15) is 24.0 Å². The zero-order valence-corrected chi connectivity index (χ0v) is 11.6. The first-order valence-corrected chi connectivity index (χ1v) is 7.05. The number of aliphatic hydroxyl groups excluding tert-OH is 1. The minimum atomic E-state index is -0.308. The van der Waals surface area contributed by atoms with Crippen LogP contribution in [0, 0.1) is 6.92 Å². The van der Waals surface area contributed by atoms with Crippen LogP contribution in [0.3, 0.4) is 0 Å². The highest BCUT2D eigenvalue weighted by Crippen LogP contribution is 2.24.